The van der Waals surface area contributed by atoms with Crippen LogP contribution in [0, 0.1) is 5.82 Å². The van der Waals surface area contributed by atoms with E-state index in [1.54, 1.807) is 23.8 Å². The van der Waals surface area contributed by atoms with E-state index in [9.17, 15) is 14.0 Å². The molecule has 0 aliphatic heterocycles. The first kappa shape index (κ1) is 21.0. The average Bonchev–Trinajstić information content (AvgIpc) is 3.49. The van der Waals surface area contributed by atoms with Crippen LogP contribution in [0.15, 0.2) is 54.2 Å². The Balaban J connectivity index is 1.72. The molecule has 2 aromatic heterocycles. The first-order valence-corrected chi connectivity index (χ1v) is 11.0. The second-order valence-corrected chi connectivity index (χ2v) is 8.14. The van der Waals surface area contributed by atoms with Crippen LogP contribution in [0.3, 0.4) is 0 Å². The van der Waals surface area contributed by atoms with Gasteiger partial charge in [0.1, 0.15) is 11.9 Å². The van der Waals surface area contributed by atoms with Crippen LogP contribution in [0.25, 0.3) is 0 Å². The number of hydrogen-bond acceptors (Lipinski definition) is 6. The van der Waals surface area contributed by atoms with E-state index in [1.807, 2.05) is 6.07 Å². The molecule has 7 nitrogen and oxygen atoms in total. The van der Waals surface area contributed by atoms with E-state index in [0.29, 0.717) is 5.56 Å². The van der Waals surface area contributed by atoms with E-state index in [-0.39, 0.29) is 24.2 Å². The van der Waals surface area contributed by atoms with E-state index >= 15 is 0 Å². The summed E-state index contributed by atoms with van der Waals surface area (Å²) < 4.78 is 17.4. The van der Waals surface area contributed by atoms with Crippen molar-refractivity contribution >= 4 is 23.3 Å². The minimum atomic E-state index is -0.949. The first-order chi connectivity index (χ1) is 15.1. The number of benzene rings is 1. The molecule has 1 atom stereocenters. The Labute approximate surface area is 183 Å². The summed E-state index contributed by atoms with van der Waals surface area (Å²) in [4.78, 5) is 32.4. The van der Waals surface area contributed by atoms with Gasteiger partial charge in [-0.2, -0.15) is 0 Å². The summed E-state index contributed by atoms with van der Waals surface area (Å²) in [6.45, 7) is 0.143. The summed E-state index contributed by atoms with van der Waals surface area (Å²) in [7, 11) is 0. The maximum atomic E-state index is 13.6. The standard InChI is InChI=1S/C22H22FN5O2S/c23-17-9-7-16(8-10-17)20(21(29)25-18-5-1-2-6-18)28(13-15-4-3-11-24-12-15)22(30)19-14-31-27-26-19/h3-4,7-12,14,18,20H,1-2,5-6,13H2,(H,25,29). The zero-order chi connectivity index (χ0) is 21.6. The van der Waals surface area contributed by atoms with Gasteiger partial charge in [0.15, 0.2) is 5.69 Å². The van der Waals surface area contributed by atoms with Gasteiger partial charge in [0.2, 0.25) is 5.91 Å². The number of amides is 2. The lowest BCUT2D eigenvalue weighted by Crippen LogP contribution is -2.46. The molecular formula is C22H22FN5O2S. The highest BCUT2D eigenvalue weighted by molar-refractivity contribution is 7.03. The lowest BCUT2D eigenvalue weighted by Gasteiger charge is -2.31. The number of hydrogen-bond donors (Lipinski definition) is 1. The third-order valence-corrected chi connectivity index (χ3v) is 5.87. The summed E-state index contributed by atoms with van der Waals surface area (Å²) >= 11 is 1.06. The van der Waals surface area contributed by atoms with Crippen molar-refractivity contribution in [2.75, 3.05) is 0 Å². The molecule has 9 heteroatoms. The maximum Gasteiger partial charge on any atom is 0.276 e. The Hall–Kier alpha value is -3.20. The van der Waals surface area contributed by atoms with Crippen LogP contribution in [-0.2, 0) is 11.3 Å². The van der Waals surface area contributed by atoms with Gasteiger partial charge in [-0.15, -0.1) is 5.10 Å². The second-order valence-electron chi connectivity index (χ2n) is 7.53. The highest BCUT2D eigenvalue weighted by Crippen LogP contribution is 2.27. The number of aromatic nitrogens is 3. The van der Waals surface area contributed by atoms with Gasteiger partial charge in [-0.3, -0.25) is 14.6 Å². The van der Waals surface area contributed by atoms with E-state index < -0.39 is 17.8 Å². The number of nitrogens with zero attached hydrogens (tertiary/aromatic N) is 4. The molecule has 1 N–H and O–H groups in total. The minimum Gasteiger partial charge on any atom is -0.351 e. The molecule has 1 saturated carbocycles. The number of halogens is 1. The monoisotopic (exact) mass is 439 g/mol. The van der Waals surface area contributed by atoms with Crippen molar-refractivity contribution in [2.24, 2.45) is 0 Å². The summed E-state index contributed by atoms with van der Waals surface area (Å²) in [6, 6.07) is 8.40. The maximum absolute atomic E-state index is 13.6. The Morgan fingerprint density at radius 1 is 1.19 bits per heavy atom. The van der Waals surface area contributed by atoms with Crippen molar-refractivity contribution in [3.05, 3.63) is 76.8 Å². The average molecular weight is 440 g/mol. The Morgan fingerprint density at radius 3 is 2.61 bits per heavy atom. The van der Waals surface area contributed by atoms with Crippen LogP contribution < -0.4 is 5.32 Å². The van der Waals surface area contributed by atoms with E-state index in [0.717, 1.165) is 42.8 Å². The van der Waals surface area contributed by atoms with Gasteiger partial charge >= 0.3 is 0 Å². The molecule has 2 heterocycles. The van der Waals surface area contributed by atoms with Gasteiger partial charge < -0.3 is 10.2 Å². The van der Waals surface area contributed by atoms with E-state index in [1.165, 1.54) is 29.2 Å². The van der Waals surface area contributed by atoms with Crippen molar-refractivity contribution < 1.29 is 14.0 Å². The van der Waals surface area contributed by atoms with Crippen LogP contribution in [0.5, 0.6) is 0 Å². The normalized spacial score (nSPS) is 14.9. The topological polar surface area (TPSA) is 88.1 Å². The lowest BCUT2D eigenvalue weighted by atomic mass is 10.0. The molecule has 160 valence electrons. The predicted molar refractivity (Wildman–Crippen MR) is 114 cm³/mol. The molecule has 1 aromatic carbocycles. The van der Waals surface area contributed by atoms with Gasteiger partial charge in [-0.1, -0.05) is 35.5 Å². The molecule has 1 unspecified atom stereocenters. The van der Waals surface area contributed by atoms with Crippen molar-refractivity contribution in [1.82, 2.24) is 24.8 Å². The van der Waals surface area contributed by atoms with Crippen LogP contribution in [0.4, 0.5) is 4.39 Å². The largest absolute Gasteiger partial charge is 0.351 e. The summed E-state index contributed by atoms with van der Waals surface area (Å²) in [6.07, 6.45) is 7.24. The number of rotatable bonds is 7. The molecule has 1 aliphatic carbocycles. The van der Waals surface area contributed by atoms with Crippen LogP contribution >= 0.6 is 11.5 Å². The fraction of sp³-hybridized carbons (Fsp3) is 0.318. The summed E-state index contributed by atoms with van der Waals surface area (Å²) in [5.74, 6) is -1.13. The molecule has 1 fully saturated rings. The number of carbonyl (C=O) groups is 2. The molecular weight excluding hydrogens is 417 g/mol. The SMILES string of the molecule is O=C(NC1CCCC1)C(c1ccc(F)cc1)N(Cc1cccnc1)C(=O)c1csnn1. The van der Waals surface area contributed by atoms with Crippen LogP contribution in [-0.4, -0.2) is 37.3 Å². The zero-order valence-corrected chi connectivity index (χ0v) is 17.6. The second kappa shape index (κ2) is 9.74. The van der Waals surface area contributed by atoms with Crippen molar-refractivity contribution in [3.63, 3.8) is 0 Å². The lowest BCUT2D eigenvalue weighted by molar-refractivity contribution is -0.126. The summed E-state index contributed by atoms with van der Waals surface area (Å²) in [5, 5.41) is 8.54. The van der Waals surface area contributed by atoms with Crippen LogP contribution in [0.1, 0.15) is 53.3 Å². The molecule has 31 heavy (non-hydrogen) atoms. The van der Waals surface area contributed by atoms with Crippen molar-refractivity contribution in [1.29, 1.82) is 0 Å². The Morgan fingerprint density at radius 2 is 1.97 bits per heavy atom. The Kier molecular flexibility index (Phi) is 6.61. The molecule has 0 saturated heterocycles. The molecule has 2 amide bonds. The van der Waals surface area contributed by atoms with Crippen LogP contribution in [0.2, 0.25) is 0 Å². The third-order valence-electron chi connectivity index (χ3n) is 5.36. The molecule has 0 bridgehead atoms. The number of pyridine rings is 1. The van der Waals surface area contributed by atoms with Gasteiger partial charge in [0, 0.05) is 30.4 Å². The molecule has 1 aliphatic rings. The van der Waals surface area contributed by atoms with Crippen molar-refractivity contribution in [3.8, 4) is 0 Å². The zero-order valence-electron chi connectivity index (χ0n) is 16.8. The molecule has 0 radical (unpaired) electrons. The number of carbonyl (C=O) groups excluding carboxylic acids is 2. The van der Waals surface area contributed by atoms with Gasteiger partial charge in [-0.25, -0.2) is 4.39 Å². The highest BCUT2D eigenvalue weighted by Gasteiger charge is 2.34. The quantitative estimate of drug-likeness (QED) is 0.609. The highest BCUT2D eigenvalue weighted by atomic mass is 32.1. The Bertz CT molecular complexity index is 1010. The van der Waals surface area contributed by atoms with Gasteiger partial charge in [-0.05, 0) is 53.7 Å². The fourth-order valence-electron chi connectivity index (χ4n) is 3.84. The van der Waals surface area contributed by atoms with E-state index in [2.05, 4.69) is 19.9 Å². The third kappa shape index (κ3) is 5.11. The number of nitrogens with one attached hydrogen (secondary N) is 1. The van der Waals surface area contributed by atoms with E-state index in [4.69, 9.17) is 0 Å². The molecule has 3 aromatic rings. The van der Waals surface area contributed by atoms with Crippen molar-refractivity contribution in [2.45, 2.75) is 44.3 Å². The summed E-state index contributed by atoms with van der Waals surface area (Å²) in [5.41, 5.74) is 1.45. The predicted octanol–water partition coefficient (Wildman–Crippen LogP) is 3.51. The molecule has 0 spiro atoms. The minimum absolute atomic E-state index is 0.0757. The smallest absolute Gasteiger partial charge is 0.276 e. The van der Waals surface area contributed by atoms with Gasteiger partial charge in [0.05, 0.1) is 0 Å². The van der Waals surface area contributed by atoms with Gasteiger partial charge in [0.25, 0.3) is 5.91 Å². The molecule has 4 rings (SSSR count). The first-order valence-electron chi connectivity index (χ1n) is 10.1. The fourth-order valence-corrected chi connectivity index (χ4v) is 4.27.